The van der Waals surface area contributed by atoms with Gasteiger partial charge in [-0.15, -0.1) is 11.6 Å². The van der Waals surface area contributed by atoms with Crippen molar-refractivity contribution in [2.75, 3.05) is 19.1 Å². The fraction of sp³-hybridized carbons (Fsp3) is 1.00. The molecule has 94 valence electrons. The molecule has 0 aromatic heterocycles. The summed E-state index contributed by atoms with van der Waals surface area (Å²) in [5.74, 6) is 0.736. The summed E-state index contributed by atoms with van der Waals surface area (Å²) in [6.07, 6.45) is 8.08. The van der Waals surface area contributed by atoms with Gasteiger partial charge in [-0.25, -0.2) is 0 Å². The van der Waals surface area contributed by atoms with Gasteiger partial charge in [0.25, 0.3) is 0 Å². The first-order valence-corrected chi connectivity index (χ1v) is 7.09. The van der Waals surface area contributed by atoms with Crippen LogP contribution in [0.4, 0.5) is 0 Å². The van der Waals surface area contributed by atoms with Gasteiger partial charge in [-0.1, -0.05) is 6.42 Å². The summed E-state index contributed by atoms with van der Waals surface area (Å²) >= 11 is 6.14. The van der Waals surface area contributed by atoms with Gasteiger partial charge < -0.3 is 9.47 Å². The maximum Gasteiger partial charge on any atom is 0.0615 e. The molecule has 0 amide bonds. The molecule has 2 aliphatic rings. The Labute approximate surface area is 104 Å². The molecule has 3 atom stereocenters. The molecule has 2 heterocycles. The van der Waals surface area contributed by atoms with Crippen LogP contribution in [0.2, 0.25) is 0 Å². The minimum atomic E-state index is 0.236. The molecule has 2 saturated heterocycles. The molecule has 0 aromatic carbocycles. The second kappa shape index (κ2) is 5.70. The summed E-state index contributed by atoms with van der Waals surface area (Å²) in [6.45, 7) is 4.01. The third-order valence-electron chi connectivity index (χ3n) is 4.32. The molecule has 3 heteroatoms. The zero-order valence-electron chi connectivity index (χ0n) is 10.2. The summed E-state index contributed by atoms with van der Waals surface area (Å²) in [7, 11) is 0. The maximum atomic E-state index is 6.14. The Balaban J connectivity index is 1.74. The molecular formula is C13H23ClO2. The van der Waals surface area contributed by atoms with Gasteiger partial charge in [-0.3, -0.25) is 0 Å². The molecule has 0 radical (unpaired) electrons. The molecule has 3 unspecified atom stereocenters. The van der Waals surface area contributed by atoms with Crippen LogP contribution in [0.15, 0.2) is 0 Å². The topological polar surface area (TPSA) is 18.5 Å². The van der Waals surface area contributed by atoms with Crippen molar-refractivity contribution in [3.63, 3.8) is 0 Å². The average Bonchev–Trinajstić information content (AvgIpc) is 2.90. The zero-order valence-corrected chi connectivity index (χ0v) is 11.0. The lowest BCUT2D eigenvalue weighted by atomic mass is 9.79. The summed E-state index contributed by atoms with van der Waals surface area (Å²) in [4.78, 5) is 0. The van der Waals surface area contributed by atoms with Crippen LogP contribution >= 0.6 is 11.6 Å². The molecule has 16 heavy (non-hydrogen) atoms. The first-order chi connectivity index (χ1) is 7.77. The minimum Gasteiger partial charge on any atom is -0.378 e. The smallest absolute Gasteiger partial charge is 0.0615 e. The van der Waals surface area contributed by atoms with Gasteiger partial charge in [0.1, 0.15) is 0 Å². The van der Waals surface area contributed by atoms with Crippen LogP contribution in [0.5, 0.6) is 0 Å². The quantitative estimate of drug-likeness (QED) is 0.693. The van der Waals surface area contributed by atoms with E-state index in [2.05, 4.69) is 6.92 Å². The molecular weight excluding hydrogens is 224 g/mol. The summed E-state index contributed by atoms with van der Waals surface area (Å²) < 4.78 is 11.3. The lowest BCUT2D eigenvalue weighted by Crippen LogP contribution is -2.30. The summed E-state index contributed by atoms with van der Waals surface area (Å²) in [5.41, 5.74) is 0.236. The van der Waals surface area contributed by atoms with Crippen LogP contribution in [0.25, 0.3) is 0 Å². The molecule has 2 aliphatic heterocycles. The van der Waals surface area contributed by atoms with E-state index in [9.17, 15) is 0 Å². The Hall–Kier alpha value is 0.210. The first-order valence-electron chi connectivity index (χ1n) is 6.56. The van der Waals surface area contributed by atoms with Crippen molar-refractivity contribution in [1.29, 1.82) is 0 Å². The van der Waals surface area contributed by atoms with Gasteiger partial charge in [-0.2, -0.15) is 0 Å². The molecule has 0 spiro atoms. The van der Waals surface area contributed by atoms with E-state index in [0.717, 1.165) is 25.5 Å². The molecule has 2 rings (SSSR count). The number of halogens is 1. The van der Waals surface area contributed by atoms with Gasteiger partial charge in [0.15, 0.2) is 0 Å². The molecule has 2 fully saturated rings. The van der Waals surface area contributed by atoms with Crippen LogP contribution in [-0.4, -0.2) is 31.3 Å². The van der Waals surface area contributed by atoms with Crippen molar-refractivity contribution in [3.05, 3.63) is 0 Å². The monoisotopic (exact) mass is 246 g/mol. The molecule has 0 aliphatic carbocycles. The van der Waals surface area contributed by atoms with Crippen molar-refractivity contribution in [2.45, 2.75) is 57.7 Å². The summed E-state index contributed by atoms with van der Waals surface area (Å²) in [6, 6.07) is 0. The number of alkyl halides is 1. The van der Waals surface area contributed by atoms with Gasteiger partial charge in [0.05, 0.1) is 12.2 Å². The Morgan fingerprint density at radius 2 is 2.19 bits per heavy atom. The highest BCUT2D eigenvalue weighted by Crippen LogP contribution is 2.41. The van der Waals surface area contributed by atoms with E-state index in [0.29, 0.717) is 12.2 Å². The third kappa shape index (κ3) is 2.72. The number of hydrogen-bond donors (Lipinski definition) is 0. The molecule has 0 aromatic rings. The number of rotatable bonds is 5. The first kappa shape index (κ1) is 12.7. The summed E-state index contributed by atoms with van der Waals surface area (Å²) in [5, 5.41) is 0. The van der Waals surface area contributed by atoms with E-state index in [1.54, 1.807) is 0 Å². The van der Waals surface area contributed by atoms with Gasteiger partial charge in [-0.05, 0) is 39.0 Å². The highest BCUT2D eigenvalue weighted by molar-refractivity contribution is 6.18. The Kier molecular flexibility index (Phi) is 4.51. The Morgan fingerprint density at radius 3 is 2.75 bits per heavy atom. The lowest BCUT2D eigenvalue weighted by molar-refractivity contribution is 0.0619. The number of ether oxygens (including phenoxy) is 2. The third-order valence-corrected chi connectivity index (χ3v) is 4.85. The minimum absolute atomic E-state index is 0.236. The Morgan fingerprint density at radius 1 is 1.31 bits per heavy atom. The van der Waals surface area contributed by atoms with Crippen molar-refractivity contribution < 1.29 is 9.47 Å². The van der Waals surface area contributed by atoms with E-state index in [4.69, 9.17) is 21.1 Å². The van der Waals surface area contributed by atoms with E-state index < -0.39 is 0 Å². The lowest BCUT2D eigenvalue weighted by Gasteiger charge is -2.30. The predicted molar refractivity (Wildman–Crippen MR) is 66.0 cm³/mol. The van der Waals surface area contributed by atoms with Gasteiger partial charge in [0, 0.05) is 24.5 Å². The van der Waals surface area contributed by atoms with Crippen LogP contribution in [0, 0.1) is 5.41 Å². The largest absolute Gasteiger partial charge is 0.378 e. The highest BCUT2D eigenvalue weighted by Gasteiger charge is 2.40. The van der Waals surface area contributed by atoms with Crippen molar-refractivity contribution >= 4 is 11.6 Å². The average molecular weight is 247 g/mol. The normalized spacial score (nSPS) is 39.4. The highest BCUT2D eigenvalue weighted by atomic mass is 35.5. The van der Waals surface area contributed by atoms with Crippen molar-refractivity contribution in [1.82, 2.24) is 0 Å². The second-order valence-electron chi connectivity index (χ2n) is 5.29. The molecule has 0 saturated carbocycles. The SMILES string of the molecule is CC1OCCC1(CCl)CCCC1CCCO1. The Bertz CT molecular complexity index is 216. The zero-order chi connectivity index (χ0) is 11.4. The predicted octanol–water partition coefficient (Wildman–Crippen LogP) is 3.37. The van der Waals surface area contributed by atoms with E-state index in [1.807, 2.05) is 0 Å². The fourth-order valence-electron chi connectivity index (χ4n) is 2.94. The van der Waals surface area contributed by atoms with E-state index >= 15 is 0 Å². The fourth-order valence-corrected chi connectivity index (χ4v) is 3.43. The van der Waals surface area contributed by atoms with Crippen LogP contribution in [0.1, 0.15) is 45.4 Å². The molecule has 0 N–H and O–H groups in total. The van der Waals surface area contributed by atoms with E-state index in [1.165, 1.54) is 32.1 Å². The van der Waals surface area contributed by atoms with Crippen LogP contribution in [-0.2, 0) is 9.47 Å². The van der Waals surface area contributed by atoms with Crippen molar-refractivity contribution in [3.8, 4) is 0 Å². The standard InChI is InChI=1S/C13H23ClO2/c1-11-13(10-14,7-9-15-11)6-2-4-12-5-3-8-16-12/h11-12H,2-10H2,1H3. The van der Waals surface area contributed by atoms with Gasteiger partial charge >= 0.3 is 0 Å². The van der Waals surface area contributed by atoms with E-state index in [-0.39, 0.29) is 5.41 Å². The maximum absolute atomic E-state index is 6.14. The van der Waals surface area contributed by atoms with Crippen molar-refractivity contribution in [2.24, 2.45) is 5.41 Å². The van der Waals surface area contributed by atoms with Crippen LogP contribution < -0.4 is 0 Å². The molecule has 2 nitrogen and oxygen atoms in total. The van der Waals surface area contributed by atoms with Crippen LogP contribution in [0.3, 0.4) is 0 Å². The second-order valence-corrected chi connectivity index (χ2v) is 5.55. The number of hydrogen-bond acceptors (Lipinski definition) is 2. The molecule has 0 bridgehead atoms. The van der Waals surface area contributed by atoms with Gasteiger partial charge in [0.2, 0.25) is 0 Å².